The van der Waals surface area contributed by atoms with Crippen LogP contribution in [0.15, 0.2) is 24.3 Å². The summed E-state index contributed by atoms with van der Waals surface area (Å²) in [7, 11) is 0. The van der Waals surface area contributed by atoms with Gasteiger partial charge in [0.15, 0.2) is 0 Å². The van der Waals surface area contributed by atoms with Gasteiger partial charge in [0.05, 0.1) is 0 Å². The van der Waals surface area contributed by atoms with Crippen molar-refractivity contribution in [3.63, 3.8) is 0 Å². The molecule has 0 saturated carbocycles. The van der Waals surface area contributed by atoms with Gasteiger partial charge >= 0.3 is 5.97 Å². The minimum absolute atomic E-state index is 0.0102. The number of unbranched alkanes of at least 4 members (excludes halogenated alkanes) is 33. The number of hydrogen-bond donors (Lipinski definition) is 1. The van der Waals surface area contributed by atoms with Crippen LogP contribution < -0.4 is 5.73 Å². The van der Waals surface area contributed by atoms with Crippen LogP contribution in [0.25, 0.3) is 0 Å². The molecule has 2 N–H and O–H groups in total. The normalized spacial score (nSPS) is 12.0. The molecule has 0 heterocycles. The van der Waals surface area contributed by atoms with Crippen molar-refractivity contribution in [2.45, 2.75) is 278 Å². The first-order valence-electron chi connectivity index (χ1n) is 26.9. The Morgan fingerprint density at radius 1 is 0.390 bits per heavy atom. The summed E-state index contributed by atoms with van der Waals surface area (Å²) in [6, 6.07) is 0. The van der Waals surface area contributed by atoms with Crippen molar-refractivity contribution in [1.82, 2.24) is 9.96 Å². The summed E-state index contributed by atoms with van der Waals surface area (Å²) in [6.07, 6.45) is 60.9. The maximum absolute atomic E-state index is 12.9. The lowest BCUT2D eigenvalue weighted by molar-refractivity contribution is -0.191. The van der Waals surface area contributed by atoms with Crippen LogP contribution in [0.3, 0.4) is 0 Å². The molecule has 0 saturated heterocycles. The lowest BCUT2D eigenvalue weighted by atomic mass is 10.1. The Morgan fingerprint density at radius 3 is 1.12 bits per heavy atom. The van der Waals surface area contributed by atoms with E-state index in [4.69, 9.17) is 10.6 Å². The molecule has 0 aliphatic carbocycles. The average Bonchev–Trinajstić information content (AvgIpc) is 3.23. The largest absolute Gasteiger partial charge is 0.368 e. The summed E-state index contributed by atoms with van der Waals surface area (Å²) in [5, 5.41) is 2.03. The van der Waals surface area contributed by atoms with Crippen molar-refractivity contribution in [3.05, 3.63) is 24.3 Å². The van der Waals surface area contributed by atoms with Crippen molar-refractivity contribution >= 4 is 5.97 Å². The second kappa shape index (κ2) is 51.2. The lowest BCUT2D eigenvalue weighted by Gasteiger charge is -2.21. The summed E-state index contributed by atoms with van der Waals surface area (Å²) in [4.78, 5) is 21.4. The molecule has 0 amide bonds. The van der Waals surface area contributed by atoms with Crippen LogP contribution in [-0.2, 0) is 9.63 Å². The van der Waals surface area contributed by atoms with Gasteiger partial charge < -0.3 is 15.5 Å². The molecule has 350 valence electrons. The van der Waals surface area contributed by atoms with E-state index in [1.54, 1.807) is 0 Å². The summed E-state index contributed by atoms with van der Waals surface area (Å²) in [6.45, 7) is 12.8. The summed E-state index contributed by atoms with van der Waals surface area (Å²) >= 11 is 0. The summed E-state index contributed by atoms with van der Waals surface area (Å²) in [5.74, 6) is -0.0102. The van der Waals surface area contributed by atoms with E-state index in [9.17, 15) is 4.79 Å². The number of rotatable bonds is 50. The number of carbonyl (C=O) groups is 1. The van der Waals surface area contributed by atoms with Gasteiger partial charge in [-0.2, -0.15) is 0 Å². The highest BCUT2D eigenvalue weighted by atomic mass is 16.7. The molecule has 0 aromatic rings. The molecule has 0 fully saturated rings. The van der Waals surface area contributed by atoms with E-state index in [2.05, 4.69) is 50.0 Å². The van der Waals surface area contributed by atoms with Crippen LogP contribution in [0.1, 0.15) is 278 Å². The van der Waals surface area contributed by atoms with Crippen molar-refractivity contribution in [2.24, 2.45) is 5.73 Å². The van der Waals surface area contributed by atoms with E-state index in [0.717, 1.165) is 58.3 Å². The Balaban J connectivity index is 4.05. The number of hydroxylamine groups is 2. The van der Waals surface area contributed by atoms with Crippen LogP contribution in [0.4, 0.5) is 0 Å². The molecule has 0 spiro atoms. The molecule has 0 rings (SSSR count). The summed E-state index contributed by atoms with van der Waals surface area (Å²) < 4.78 is 0. The fourth-order valence-electron chi connectivity index (χ4n) is 8.27. The van der Waals surface area contributed by atoms with Gasteiger partial charge in [-0.05, 0) is 77.3 Å². The first-order valence-corrected chi connectivity index (χ1v) is 26.9. The molecule has 5 nitrogen and oxygen atoms in total. The third-order valence-electron chi connectivity index (χ3n) is 12.2. The van der Waals surface area contributed by atoms with Gasteiger partial charge in [-0.3, -0.25) is 4.79 Å². The van der Waals surface area contributed by atoms with Crippen LogP contribution in [0, 0.1) is 0 Å². The van der Waals surface area contributed by atoms with Gasteiger partial charge in [0.2, 0.25) is 0 Å². The molecule has 0 aromatic heterocycles. The second-order valence-corrected chi connectivity index (χ2v) is 18.2. The minimum atomic E-state index is -0.0102. The molecular weight excluding hydrogens is 723 g/mol. The standard InChI is InChI=1S/C54H107N3O2/c1-4-7-10-13-16-19-22-23-24-25-26-27-28-33-38-43-49-56(53-48-55)50-44-39-34-31-32-37-42-47-54(58)59-57(51-45-40-35-29-20-17-14-11-8-5-2)52-46-41-36-30-21-18-15-12-9-6-3/h16,19,23-24H,4-15,17-18,20-22,25-53,55H2,1-3H3/b19-16-,24-23-. The number of allylic oxidation sites excluding steroid dienone is 4. The Kier molecular flexibility index (Phi) is 50.2. The van der Waals surface area contributed by atoms with Gasteiger partial charge in [-0.1, -0.05) is 231 Å². The van der Waals surface area contributed by atoms with E-state index in [1.807, 2.05) is 5.06 Å². The summed E-state index contributed by atoms with van der Waals surface area (Å²) in [5.41, 5.74) is 5.96. The first kappa shape index (κ1) is 57.8. The number of nitrogens with zero attached hydrogens (tertiary/aromatic N) is 2. The predicted octanol–water partition coefficient (Wildman–Crippen LogP) is 16.8. The number of nitrogens with two attached hydrogens (primary N) is 1. The Morgan fingerprint density at radius 2 is 0.712 bits per heavy atom. The van der Waals surface area contributed by atoms with Crippen LogP contribution in [0.5, 0.6) is 0 Å². The molecule has 0 aliphatic heterocycles. The zero-order valence-corrected chi connectivity index (χ0v) is 40.6. The lowest BCUT2D eigenvalue weighted by Crippen LogP contribution is -2.31. The van der Waals surface area contributed by atoms with Gasteiger partial charge in [-0.15, -0.1) is 5.06 Å². The maximum atomic E-state index is 12.9. The SMILES string of the molecule is CCCCC/C=C\C/C=C\CCCCCCCCN(CCN)CCCCCCCCCC(=O)ON(CCCCCCCCCCCC)CCCCCCCCCCCC. The third kappa shape index (κ3) is 47.7. The smallest absolute Gasteiger partial charge is 0.325 e. The van der Waals surface area contributed by atoms with Gasteiger partial charge in [-0.25, -0.2) is 0 Å². The van der Waals surface area contributed by atoms with Crippen molar-refractivity contribution in [1.29, 1.82) is 0 Å². The highest BCUT2D eigenvalue weighted by Crippen LogP contribution is 2.15. The highest BCUT2D eigenvalue weighted by Gasteiger charge is 2.12. The minimum Gasteiger partial charge on any atom is -0.368 e. The van der Waals surface area contributed by atoms with Crippen molar-refractivity contribution in [2.75, 3.05) is 39.3 Å². The number of hydrogen-bond acceptors (Lipinski definition) is 5. The molecule has 0 aromatic carbocycles. The maximum Gasteiger partial charge on any atom is 0.325 e. The Bertz CT molecular complexity index is 837. The van der Waals surface area contributed by atoms with E-state index < -0.39 is 0 Å². The van der Waals surface area contributed by atoms with E-state index in [1.165, 1.54) is 231 Å². The molecule has 59 heavy (non-hydrogen) atoms. The zero-order valence-electron chi connectivity index (χ0n) is 40.6. The average molecular weight is 830 g/mol. The number of carbonyl (C=O) groups excluding carboxylic acids is 1. The predicted molar refractivity (Wildman–Crippen MR) is 263 cm³/mol. The van der Waals surface area contributed by atoms with Gasteiger partial charge in [0.1, 0.15) is 0 Å². The van der Waals surface area contributed by atoms with Gasteiger partial charge in [0.25, 0.3) is 0 Å². The quantitative estimate of drug-likeness (QED) is 0.0376. The first-order chi connectivity index (χ1) is 29.2. The Hall–Kier alpha value is -1.17. The molecule has 0 unspecified atom stereocenters. The molecule has 5 heteroatoms. The second-order valence-electron chi connectivity index (χ2n) is 18.2. The fraction of sp³-hybridized carbons (Fsp3) is 0.907. The molecule has 0 bridgehead atoms. The molecule has 0 radical (unpaired) electrons. The fourth-order valence-corrected chi connectivity index (χ4v) is 8.27. The van der Waals surface area contributed by atoms with Crippen LogP contribution >= 0.6 is 0 Å². The van der Waals surface area contributed by atoms with E-state index >= 15 is 0 Å². The van der Waals surface area contributed by atoms with Crippen molar-refractivity contribution in [3.8, 4) is 0 Å². The molecule has 0 aliphatic rings. The molecular formula is C54H107N3O2. The molecule has 0 atom stereocenters. The monoisotopic (exact) mass is 830 g/mol. The van der Waals surface area contributed by atoms with E-state index in [-0.39, 0.29) is 5.97 Å². The van der Waals surface area contributed by atoms with Gasteiger partial charge in [0, 0.05) is 32.6 Å². The van der Waals surface area contributed by atoms with Crippen LogP contribution in [-0.4, -0.2) is 55.2 Å². The van der Waals surface area contributed by atoms with E-state index in [0.29, 0.717) is 6.42 Å². The highest BCUT2D eigenvalue weighted by molar-refractivity contribution is 5.68. The third-order valence-corrected chi connectivity index (χ3v) is 12.2. The Labute approximate surface area is 371 Å². The van der Waals surface area contributed by atoms with Crippen molar-refractivity contribution < 1.29 is 9.63 Å². The topological polar surface area (TPSA) is 58.8 Å². The van der Waals surface area contributed by atoms with Crippen LogP contribution in [0.2, 0.25) is 0 Å². The zero-order chi connectivity index (χ0) is 42.8.